The van der Waals surface area contributed by atoms with Crippen molar-refractivity contribution in [2.24, 2.45) is 11.1 Å². The van der Waals surface area contributed by atoms with Crippen molar-refractivity contribution in [3.8, 4) is 0 Å². The van der Waals surface area contributed by atoms with Gasteiger partial charge in [0.25, 0.3) is 0 Å². The molecular formula is C12H16ClFN2O2S. The largest absolute Gasteiger partial charge is 0.330 e. The number of sulfonamides is 1. The molecule has 0 saturated carbocycles. The predicted octanol–water partition coefficient (Wildman–Crippen LogP) is 1.84. The van der Waals surface area contributed by atoms with Gasteiger partial charge in [-0.1, -0.05) is 18.5 Å². The van der Waals surface area contributed by atoms with Crippen LogP contribution in [0, 0.1) is 11.2 Å². The van der Waals surface area contributed by atoms with Crippen molar-refractivity contribution in [1.29, 1.82) is 0 Å². The first-order chi connectivity index (χ1) is 8.78. The van der Waals surface area contributed by atoms with Crippen molar-refractivity contribution >= 4 is 21.6 Å². The molecule has 0 bridgehead atoms. The van der Waals surface area contributed by atoms with Crippen molar-refractivity contribution in [1.82, 2.24) is 4.31 Å². The SMILES string of the molecule is CC1(CN)CCN(S(=O)(=O)c2ccc(F)cc2Cl)C1. The van der Waals surface area contributed by atoms with Crippen molar-refractivity contribution in [3.63, 3.8) is 0 Å². The van der Waals surface area contributed by atoms with Crippen molar-refractivity contribution in [2.45, 2.75) is 18.2 Å². The highest BCUT2D eigenvalue weighted by Gasteiger charge is 2.39. The van der Waals surface area contributed by atoms with Crippen LogP contribution in [0.25, 0.3) is 0 Å². The quantitative estimate of drug-likeness (QED) is 0.927. The number of nitrogens with zero attached hydrogens (tertiary/aromatic N) is 1. The molecule has 1 atom stereocenters. The Labute approximate surface area is 117 Å². The Balaban J connectivity index is 2.34. The number of halogens is 2. The monoisotopic (exact) mass is 306 g/mol. The number of hydrogen-bond acceptors (Lipinski definition) is 3. The molecule has 7 heteroatoms. The van der Waals surface area contributed by atoms with Crippen molar-refractivity contribution in [3.05, 3.63) is 29.0 Å². The molecular weight excluding hydrogens is 291 g/mol. The van der Waals surface area contributed by atoms with Gasteiger partial charge in [0, 0.05) is 13.1 Å². The van der Waals surface area contributed by atoms with Gasteiger partial charge in [0.2, 0.25) is 10.0 Å². The zero-order chi connectivity index (χ0) is 14.3. The lowest BCUT2D eigenvalue weighted by atomic mass is 9.90. The highest BCUT2D eigenvalue weighted by Crippen LogP contribution is 2.34. The van der Waals surface area contributed by atoms with Crippen LogP contribution in [0.4, 0.5) is 4.39 Å². The first-order valence-corrected chi connectivity index (χ1v) is 7.76. The Morgan fingerprint density at radius 3 is 2.74 bits per heavy atom. The van der Waals surface area contributed by atoms with Crippen LogP contribution < -0.4 is 5.73 Å². The van der Waals surface area contributed by atoms with Gasteiger partial charge in [-0.2, -0.15) is 4.31 Å². The predicted molar refractivity (Wildman–Crippen MR) is 71.9 cm³/mol. The first-order valence-electron chi connectivity index (χ1n) is 5.94. The third kappa shape index (κ3) is 2.76. The molecule has 1 aliphatic rings. The molecule has 0 spiro atoms. The Kier molecular flexibility index (Phi) is 3.88. The highest BCUT2D eigenvalue weighted by atomic mass is 35.5. The summed E-state index contributed by atoms with van der Waals surface area (Å²) in [6.07, 6.45) is 0.710. The lowest BCUT2D eigenvalue weighted by Gasteiger charge is -2.22. The van der Waals surface area contributed by atoms with E-state index >= 15 is 0 Å². The second-order valence-electron chi connectivity index (χ2n) is 5.18. The van der Waals surface area contributed by atoms with E-state index < -0.39 is 15.8 Å². The van der Waals surface area contributed by atoms with E-state index in [1.807, 2.05) is 6.92 Å². The smallest absolute Gasteiger partial charge is 0.244 e. The van der Waals surface area contributed by atoms with E-state index in [-0.39, 0.29) is 15.3 Å². The standard InChI is InChI=1S/C12H16ClFN2O2S/c1-12(7-15)4-5-16(8-12)19(17,18)11-3-2-9(14)6-10(11)13/h2-3,6H,4-5,7-8,15H2,1H3. The highest BCUT2D eigenvalue weighted by molar-refractivity contribution is 7.89. The molecule has 1 saturated heterocycles. The molecule has 1 fully saturated rings. The summed E-state index contributed by atoms with van der Waals surface area (Å²) < 4.78 is 39.2. The van der Waals surface area contributed by atoms with E-state index in [4.69, 9.17) is 17.3 Å². The van der Waals surface area contributed by atoms with Gasteiger partial charge in [0.15, 0.2) is 0 Å². The van der Waals surface area contributed by atoms with Gasteiger partial charge in [-0.3, -0.25) is 0 Å². The third-order valence-electron chi connectivity index (χ3n) is 3.53. The molecule has 2 rings (SSSR count). The summed E-state index contributed by atoms with van der Waals surface area (Å²) in [6.45, 7) is 3.15. The zero-order valence-corrected chi connectivity index (χ0v) is 12.1. The van der Waals surface area contributed by atoms with Gasteiger partial charge >= 0.3 is 0 Å². The van der Waals surface area contributed by atoms with Crippen LogP contribution in [0.5, 0.6) is 0 Å². The summed E-state index contributed by atoms with van der Waals surface area (Å²) >= 11 is 5.83. The summed E-state index contributed by atoms with van der Waals surface area (Å²) in [7, 11) is -3.69. The Morgan fingerprint density at radius 1 is 1.53 bits per heavy atom. The lowest BCUT2D eigenvalue weighted by Crippen LogP contribution is -2.34. The molecule has 0 radical (unpaired) electrons. The summed E-state index contributed by atoms with van der Waals surface area (Å²) in [5.74, 6) is -0.558. The van der Waals surface area contributed by atoms with Crippen molar-refractivity contribution in [2.75, 3.05) is 19.6 Å². The molecule has 106 valence electrons. The van der Waals surface area contributed by atoms with E-state index in [2.05, 4.69) is 0 Å². The lowest BCUT2D eigenvalue weighted by molar-refractivity contribution is 0.349. The number of hydrogen-bond donors (Lipinski definition) is 1. The van der Waals surface area contributed by atoms with Gasteiger partial charge < -0.3 is 5.73 Å². The molecule has 1 aromatic carbocycles. The minimum absolute atomic E-state index is 0.0585. The zero-order valence-electron chi connectivity index (χ0n) is 10.6. The average Bonchev–Trinajstić information content (AvgIpc) is 2.73. The summed E-state index contributed by atoms with van der Waals surface area (Å²) in [4.78, 5) is -0.0585. The summed E-state index contributed by atoms with van der Waals surface area (Å²) in [5.41, 5.74) is 5.46. The van der Waals surface area contributed by atoms with Crippen LogP contribution >= 0.6 is 11.6 Å². The van der Waals surface area contributed by atoms with Crippen molar-refractivity contribution < 1.29 is 12.8 Å². The fourth-order valence-corrected chi connectivity index (χ4v) is 4.27. The molecule has 1 aromatic rings. The number of nitrogens with two attached hydrogens (primary N) is 1. The molecule has 4 nitrogen and oxygen atoms in total. The molecule has 1 aliphatic heterocycles. The molecule has 0 amide bonds. The van der Waals surface area contributed by atoms with Gasteiger partial charge in [0.05, 0.1) is 5.02 Å². The molecule has 1 unspecified atom stereocenters. The number of rotatable bonds is 3. The maximum absolute atomic E-state index is 13.0. The summed E-state index contributed by atoms with van der Waals surface area (Å²) in [5, 5.41) is -0.0960. The minimum atomic E-state index is -3.69. The second-order valence-corrected chi connectivity index (χ2v) is 7.49. The fourth-order valence-electron chi connectivity index (χ4n) is 2.17. The molecule has 0 aliphatic carbocycles. The first kappa shape index (κ1) is 14.7. The normalized spacial score (nSPS) is 24.8. The van der Waals surface area contributed by atoms with Gasteiger partial charge in [-0.05, 0) is 36.6 Å². The minimum Gasteiger partial charge on any atom is -0.330 e. The third-order valence-corrected chi connectivity index (χ3v) is 5.86. The maximum Gasteiger partial charge on any atom is 0.244 e. The Bertz CT molecular complexity index is 593. The Morgan fingerprint density at radius 2 is 2.21 bits per heavy atom. The fraction of sp³-hybridized carbons (Fsp3) is 0.500. The molecule has 2 N–H and O–H groups in total. The summed E-state index contributed by atoms with van der Waals surface area (Å²) in [6, 6.07) is 3.30. The van der Waals surface area contributed by atoms with Crippen LogP contribution in [-0.2, 0) is 10.0 Å². The average molecular weight is 307 g/mol. The van der Waals surface area contributed by atoms with Gasteiger partial charge in [-0.25, -0.2) is 12.8 Å². The van der Waals surface area contributed by atoms with Crippen LogP contribution in [0.3, 0.4) is 0 Å². The maximum atomic E-state index is 13.0. The Hall–Kier alpha value is -0.690. The van der Waals surface area contributed by atoms with Crippen LogP contribution in [0.1, 0.15) is 13.3 Å². The van der Waals surface area contributed by atoms with E-state index in [1.165, 1.54) is 10.4 Å². The number of benzene rings is 1. The topological polar surface area (TPSA) is 63.4 Å². The van der Waals surface area contributed by atoms with E-state index in [1.54, 1.807) is 0 Å². The van der Waals surface area contributed by atoms with Crippen LogP contribution in [0.15, 0.2) is 23.1 Å². The van der Waals surface area contributed by atoms with Gasteiger partial charge in [0.1, 0.15) is 10.7 Å². The van der Waals surface area contributed by atoms with E-state index in [0.717, 1.165) is 12.1 Å². The van der Waals surface area contributed by atoms with E-state index in [9.17, 15) is 12.8 Å². The molecule has 0 aromatic heterocycles. The second kappa shape index (κ2) is 5.01. The van der Waals surface area contributed by atoms with Gasteiger partial charge in [-0.15, -0.1) is 0 Å². The molecule has 1 heterocycles. The van der Waals surface area contributed by atoms with Crippen LogP contribution in [0.2, 0.25) is 5.02 Å². The van der Waals surface area contributed by atoms with E-state index in [0.29, 0.717) is 26.1 Å². The molecule has 19 heavy (non-hydrogen) atoms. The van der Waals surface area contributed by atoms with Crippen LogP contribution in [-0.4, -0.2) is 32.4 Å².